The van der Waals surface area contributed by atoms with Gasteiger partial charge in [0.15, 0.2) is 0 Å². The van der Waals surface area contributed by atoms with E-state index in [1.807, 2.05) is 47.0 Å². The Hall–Kier alpha value is -11.7. The van der Waals surface area contributed by atoms with Gasteiger partial charge in [0.1, 0.15) is 0 Å². The van der Waals surface area contributed by atoms with Crippen LogP contribution in [-0.4, -0.2) is 19.9 Å². The van der Waals surface area contributed by atoms with E-state index in [0.29, 0.717) is 0 Å². The first kappa shape index (κ1) is 87.0. The van der Waals surface area contributed by atoms with Gasteiger partial charge in [0, 0.05) is 162 Å². The predicted octanol–water partition coefficient (Wildman–Crippen LogP) is 37.1. The molecular weight excluding hydrogens is 1830 g/mol. The van der Waals surface area contributed by atoms with Crippen LogP contribution in [0.2, 0.25) is 0 Å². The highest BCUT2D eigenvalue weighted by Crippen LogP contribution is 2.56. The van der Waals surface area contributed by atoms with E-state index in [1.165, 1.54) is 0 Å². The molecule has 0 spiro atoms. The Bertz CT molecular complexity index is 6430. The second-order valence-corrected chi connectivity index (χ2v) is 43.9. The van der Waals surface area contributed by atoms with Gasteiger partial charge in [-0.2, -0.15) is 0 Å². The number of fused-ring (bicyclic) bond motifs is 8. The molecule has 5 heterocycles. The van der Waals surface area contributed by atoms with Gasteiger partial charge < -0.3 is 9.97 Å². The molecule has 2 aliphatic rings. The van der Waals surface area contributed by atoms with E-state index < -0.39 is 0 Å². The maximum atomic E-state index is 6.22. The molecule has 3 aromatic heterocycles. The molecule has 8 bridgehead atoms. The maximum Gasteiger partial charge on any atom is 0.0737 e. The van der Waals surface area contributed by atoms with E-state index in [0.717, 1.165) is 207 Å². The normalized spacial score (nSPS) is 11.6. The number of rotatable bonds is 28. The van der Waals surface area contributed by atoms with E-state index in [9.17, 15) is 0 Å². The molecule has 0 radical (unpaired) electrons. The van der Waals surface area contributed by atoms with Crippen molar-refractivity contribution in [2.75, 3.05) is 0 Å². The predicted molar refractivity (Wildman–Crippen MR) is 567 cm³/mol. The molecule has 2 N–H and O–H groups in total. The molecule has 0 unspecified atom stereocenters. The van der Waals surface area contributed by atoms with Crippen LogP contribution in [-0.2, 0) is 0 Å². The molecule has 0 aliphatic carbocycles. The zero-order valence-corrected chi connectivity index (χ0v) is 80.5. The Morgan fingerprint density at radius 2 is 0.273 bits per heavy atom. The third-order valence-corrected chi connectivity index (χ3v) is 35.7. The number of aromatic amines is 2. The fourth-order valence-corrected chi connectivity index (χ4v) is 28.8. The van der Waals surface area contributed by atoms with Crippen LogP contribution in [0.25, 0.3) is 90.9 Å². The summed E-state index contributed by atoms with van der Waals surface area (Å²) < 4.78 is 0. The van der Waals surface area contributed by atoms with Crippen LogP contribution in [0.4, 0.5) is 0 Å². The van der Waals surface area contributed by atoms with Crippen molar-refractivity contribution in [3.63, 3.8) is 0 Å². The summed E-state index contributed by atoms with van der Waals surface area (Å²) in [7, 11) is 0. The number of aromatic nitrogens is 4. The Morgan fingerprint density at radius 1 is 0.144 bits per heavy atom. The summed E-state index contributed by atoms with van der Waals surface area (Å²) in [6.45, 7) is 0. The van der Waals surface area contributed by atoms with E-state index in [2.05, 4.69) is 471 Å². The molecule has 634 valence electrons. The summed E-state index contributed by atoms with van der Waals surface area (Å²) >= 11 is 21.6. The number of hydrogen-bond donors (Lipinski definition) is 2. The van der Waals surface area contributed by atoms with Gasteiger partial charge in [-0.05, 0) is 265 Å². The van der Waals surface area contributed by atoms with Crippen molar-refractivity contribution in [1.82, 2.24) is 19.9 Å². The SMILES string of the molecule is C1=Cc2nc1c(-c1cc(Sc3ccccc3)c(Sc3ccccc3)c(Sc3ccccc3)c1)c1ccc([nH]1)c(-c1cc(Sc3ccccc3)c(Sc3ccccc3)c(Sc3ccccc3)c1)c1nc(c(-c3cc(Sc4ccccc4)c(Sc4ccccc4)c(Sc4ccccc4)c3)c3ccc([nH]3)c2-c2cc(Sc3ccccc3)c(Sc3ccccc3)c(Sc3ccccc3)c2)C=C1. The van der Waals surface area contributed by atoms with Crippen LogP contribution < -0.4 is 0 Å². The van der Waals surface area contributed by atoms with Crippen LogP contribution in [0.5, 0.6) is 0 Å². The smallest absolute Gasteiger partial charge is 0.0737 e. The molecule has 0 saturated carbocycles. The number of H-pyrrole nitrogens is 2. The lowest BCUT2D eigenvalue weighted by atomic mass is 10.0. The Balaban J connectivity index is 0.908. The van der Waals surface area contributed by atoms with Gasteiger partial charge >= 0.3 is 0 Å². The Kier molecular flexibility index (Phi) is 27.4. The van der Waals surface area contributed by atoms with Gasteiger partial charge in [0.25, 0.3) is 0 Å². The zero-order chi connectivity index (χ0) is 88.1. The van der Waals surface area contributed by atoms with Crippen molar-refractivity contribution >= 4 is 188 Å². The van der Waals surface area contributed by atoms with Crippen LogP contribution in [0.1, 0.15) is 22.8 Å². The van der Waals surface area contributed by atoms with Gasteiger partial charge in [0.05, 0.1) is 22.8 Å². The van der Waals surface area contributed by atoms with Crippen molar-refractivity contribution in [1.29, 1.82) is 0 Å². The van der Waals surface area contributed by atoms with Crippen molar-refractivity contribution in [3.05, 3.63) is 460 Å². The molecule has 16 aromatic carbocycles. The zero-order valence-electron chi connectivity index (χ0n) is 70.7. The largest absolute Gasteiger partial charge is 0.354 e. The average molecular weight is 1910 g/mol. The van der Waals surface area contributed by atoms with E-state index in [-0.39, 0.29) is 0 Å². The molecule has 4 nitrogen and oxygen atoms in total. The maximum absolute atomic E-state index is 6.22. The van der Waals surface area contributed by atoms with Crippen molar-refractivity contribution in [2.45, 2.75) is 117 Å². The van der Waals surface area contributed by atoms with Gasteiger partial charge in [-0.15, -0.1) is 0 Å². The van der Waals surface area contributed by atoms with Crippen LogP contribution in [0.3, 0.4) is 0 Å². The van der Waals surface area contributed by atoms with Gasteiger partial charge in [-0.25, -0.2) is 9.97 Å². The number of hydrogen-bond acceptors (Lipinski definition) is 14. The highest BCUT2D eigenvalue weighted by Gasteiger charge is 2.28. The standard InChI is InChI=1S/C116H78N4S12/c1-13-37-81(38-14-1)121-101-69-77(70-102(122-82-39-15-2-16-40-82)113(101)129-89-53-29-9-30-54-89)109-93-61-63-95(117-93)110(78-71-103(123-83-41-17-3-18-42-83)114(130-90-55-31-10-32-56-90)104(72-78)124-84-43-19-4-20-44-84)97-65-67-99(119-97)112(80-75-107(127-87-49-25-7-26-50-87)116(132-92-59-35-12-36-60-92)108(76-80)128-88-51-27-8-28-52-88)100-68-66-98(120-100)111(96-64-62-94(109)118-96)79-73-105(125-85-45-21-5-22-46-85)115(131-91-57-33-11-34-58-91)106(74-79)126-86-47-23-6-24-48-86/h1-76,117,120H. The molecule has 0 fully saturated rings. The summed E-state index contributed by atoms with van der Waals surface area (Å²) in [6, 6.07) is 158. The Morgan fingerprint density at radius 3 is 0.409 bits per heavy atom. The van der Waals surface area contributed by atoms with E-state index >= 15 is 0 Å². The lowest BCUT2D eigenvalue weighted by molar-refractivity contribution is 1.11. The fraction of sp³-hybridized carbons (Fsp3) is 0. The number of nitrogens with one attached hydrogen (secondary N) is 2. The summed E-state index contributed by atoms with van der Waals surface area (Å²) in [5, 5.41) is 0. The van der Waals surface area contributed by atoms with Gasteiger partial charge in [-0.3, -0.25) is 0 Å². The fourth-order valence-electron chi connectivity index (χ4n) is 15.7. The molecule has 0 saturated heterocycles. The van der Waals surface area contributed by atoms with Crippen LogP contribution in [0, 0.1) is 0 Å². The number of nitrogens with zero attached hydrogens (tertiary/aromatic N) is 2. The second kappa shape index (κ2) is 41.6. The molecule has 21 rings (SSSR count). The first-order valence-electron chi connectivity index (χ1n) is 43.0. The average Bonchev–Trinajstić information content (AvgIpc) is 1.57. The second-order valence-electron chi connectivity index (χ2n) is 30.7. The van der Waals surface area contributed by atoms with Crippen molar-refractivity contribution in [2.24, 2.45) is 0 Å². The highest BCUT2D eigenvalue weighted by molar-refractivity contribution is 8.06. The molecule has 132 heavy (non-hydrogen) atoms. The minimum absolute atomic E-state index is 0.798. The molecule has 19 aromatic rings. The third kappa shape index (κ3) is 20.7. The van der Waals surface area contributed by atoms with E-state index in [4.69, 9.17) is 9.97 Å². The molecule has 16 heteroatoms. The minimum Gasteiger partial charge on any atom is -0.354 e. The van der Waals surface area contributed by atoms with Gasteiger partial charge in [0.2, 0.25) is 0 Å². The molecule has 2 aliphatic heterocycles. The van der Waals surface area contributed by atoms with Crippen LogP contribution >= 0.6 is 141 Å². The van der Waals surface area contributed by atoms with E-state index in [1.54, 1.807) is 94.1 Å². The minimum atomic E-state index is 0.798. The summed E-state index contributed by atoms with van der Waals surface area (Å²) in [5.74, 6) is 0. The topological polar surface area (TPSA) is 57.4 Å². The number of benzene rings is 16. The lowest BCUT2D eigenvalue weighted by Crippen LogP contribution is -1.94. The first-order valence-corrected chi connectivity index (χ1v) is 52.8. The van der Waals surface area contributed by atoms with Crippen molar-refractivity contribution < 1.29 is 0 Å². The summed E-state index contributed by atoms with van der Waals surface area (Å²) in [4.78, 5) is 48.3. The highest BCUT2D eigenvalue weighted by atomic mass is 32.2. The summed E-state index contributed by atoms with van der Waals surface area (Å²) in [6.07, 6.45) is 9.04. The van der Waals surface area contributed by atoms with Gasteiger partial charge in [-0.1, -0.05) is 360 Å². The first-order chi connectivity index (χ1) is 65.3. The Labute approximate surface area is 820 Å². The third-order valence-electron chi connectivity index (χ3n) is 21.6. The quantitative estimate of drug-likeness (QED) is 0.0489. The molecule has 0 amide bonds. The molecular formula is C116H78N4S12. The van der Waals surface area contributed by atoms with Crippen LogP contribution in [0.15, 0.2) is 554 Å². The lowest BCUT2D eigenvalue weighted by Gasteiger charge is -2.18. The van der Waals surface area contributed by atoms with Crippen molar-refractivity contribution in [3.8, 4) is 44.5 Å². The molecule has 0 atom stereocenters. The summed E-state index contributed by atoms with van der Waals surface area (Å²) in [5.41, 5.74) is 14.5. The monoisotopic (exact) mass is 1910 g/mol.